The number of hydrogen-bond acceptors (Lipinski definition) is 5. The van der Waals surface area contributed by atoms with Crippen LogP contribution in [-0.4, -0.2) is 51.0 Å². The van der Waals surface area contributed by atoms with Crippen LogP contribution < -0.4 is 10.6 Å². The van der Waals surface area contributed by atoms with Crippen molar-refractivity contribution in [3.05, 3.63) is 40.7 Å². The van der Waals surface area contributed by atoms with Crippen molar-refractivity contribution in [2.24, 2.45) is 4.99 Å². The topological polar surface area (TPSA) is 67.8 Å². The molecule has 0 unspecified atom stereocenters. The van der Waals surface area contributed by atoms with Crippen LogP contribution >= 0.6 is 11.3 Å². The summed E-state index contributed by atoms with van der Waals surface area (Å²) in [5, 5.41) is 9.67. The summed E-state index contributed by atoms with van der Waals surface area (Å²) >= 11 is 1.64. The molecule has 0 saturated carbocycles. The van der Waals surface area contributed by atoms with Gasteiger partial charge in [0, 0.05) is 37.7 Å². The Bertz CT molecular complexity index is 646. The van der Waals surface area contributed by atoms with Crippen molar-refractivity contribution in [1.82, 2.24) is 15.6 Å². The SMILES string of the molecule is CCNC(=NCc1nc(-c2ccccc2)cs1)NCCCOCCOC. The summed E-state index contributed by atoms with van der Waals surface area (Å²) in [6.45, 7) is 6.24. The Morgan fingerprint density at radius 3 is 2.77 bits per heavy atom. The van der Waals surface area contributed by atoms with Gasteiger partial charge in [0.1, 0.15) is 5.01 Å². The number of hydrogen-bond donors (Lipinski definition) is 2. The fourth-order valence-corrected chi connectivity index (χ4v) is 2.97. The first-order valence-corrected chi connectivity index (χ1v) is 9.80. The second-order valence-corrected chi connectivity index (χ2v) is 6.52. The molecule has 0 saturated heterocycles. The predicted molar refractivity (Wildman–Crippen MR) is 108 cm³/mol. The zero-order valence-electron chi connectivity index (χ0n) is 15.5. The molecule has 0 bridgehead atoms. The maximum absolute atomic E-state index is 5.46. The lowest BCUT2D eigenvalue weighted by Gasteiger charge is -2.11. The molecule has 0 fully saturated rings. The van der Waals surface area contributed by atoms with Gasteiger partial charge in [-0.2, -0.15) is 0 Å². The van der Waals surface area contributed by atoms with Gasteiger partial charge >= 0.3 is 0 Å². The van der Waals surface area contributed by atoms with Crippen LogP contribution in [0.25, 0.3) is 11.3 Å². The minimum absolute atomic E-state index is 0.567. The van der Waals surface area contributed by atoms with E-state index in [0.29, 0.717) is 26.4 Å². The molecule has 0 aliphatic rings. The summed E-state index contributed by atoms with van der Waals surface area (Å²) in [6, 6.07) is 10.2. The highest BCUT2D eigenvalue weighted by Crippen LogP contribution is 2.21. The van der Waals surface area contributed by atoms with Gasteiger partial charge in [-0.15, -0.1) is 11.3 Å². The highest BCUT2D eigenvalue weighted by atomic mass is 32.1. The van der Waals surface area contributed by atoms with Gasteiger partial charge in [0.2, 0.25) is 0 Å². The molecule has 2 rings (SSSR count). The Morgan fingerprint density at radius 1 is 1.15 bits per heavy atom. The Morgan fingerprint density at radius 2 is 2.00 bits per heavy atom. The van der Waals surface area contributed by atoms with Crippen LogP contribution in [0.4, 0.5) is 0 Å². The summed E-state index contributed by atoms with van der Waals surface area (Å²) in [5.74, 6) is 0.806. The molecular formula is C19H28N4O2S. The first-order chi connectivity index (χ1) is 12.8. The molecule has 0 aliphatic heterocycles. The Kier molecular flexibility index (Phi) is 9.71. The van der Waals surface area contributed by atoms with Crippen molar-refractivity contribution in [2.75, 3.05) is 40.0 Å². The van der Waals surface area contributed by atoms with Gasteiger partial charge in [0.05, 0.1) is 25.5 Å². The van der Waals surface area contributed by atoms with Gasteiger partial charge in [0.25, 0.3) is 0 Å². The fraction of sp³-hybridized carbons (Fsp3) is 0.474. The first-order valence-electron chi connectivity index (χ1n) is 8.92. The Labute approximate surface area is 159 Å². The van der Waals surface area contributed by atoms with E-state index in [-0.39, 0.29) is 0 Å². The van der Waals surface area contributed by atoms with Crippen molar-refractivity contribution in [1.29, 1.82) is 0 Å². The van der Waals surface area contributed by atoms with E-state index in [0.717, 1.165) is 41.7 Å². The Hall–Kier alpha value is -1.96. The molecule has 0 aliphatic carbocycles. The fourth-order valence-electron chi connectivity index (χ4n) is 2.24. The number of nitrogens with one attached hydrogen (secondary N) is 2. The standard InChI is InChI=1S/C19H28N4O2S/c1-3-20-19(21-10-7-11-25-13-12-24-2)22-14-18-23-17(15-26-18)16-8-5-4-6-9-16/h4-6,8-9,15H,3,7,10-14H2,1-2H3,(H2,20,21,22). The molecule has 0 radical (unpaired) electrons. The van der Waals surface area contributed by atoms with Gasteiger partial charge < -0.3 is 20.1 Å². The molecule has 0 spiro atoms. The van der Waals surface area contributed by atoms with Crippen LogP contribution in [-0.2, 0) is 16.0 Å². The molecule has 2 N–H and O–H groups in total. The lowest BCUT2D eigenvalue weighted by Crippen LogP contribution is -2.38. The van der Waals surface area contributed by atoms with Crippen molar-refractivity contribution in [2.45, 2.75) is 19.9 Å². The van der Waals surface area contributed by atoms with E-state index in [9.17, 15) is 0 Å². The molecule has 1 heterocycles. The van der Waals surface area contributed by atoms with E-state index in [1.807, 2.05) is 18.2 Å². The third-order valence-corrected chi connectivity index (χ3v) is 4.36. The number of thiazole rings is 1. The van der Waals surface area contributed by atoms with Gasteiger partial charge in [-0.05, 0) is 13.3 Å². The quantitative estimate of drug-likeness (QED) is 0.359. The van der Waals surface area contributed by atoms with Gasteiger partial charge in [-0.25, -0.2) is 9.98 Å². The number of aliphatic imine (C=N–C) groups is 1. The molecule has 26 heavy (non-hydrogen) atoms. The van der Waals surface area contributed by atoms with Gasteiger partial charge in [0.15, 0.2) is 5.96 Å². The maximum atomic E-state index is 5.46. The van der Waals surface area contributed by atoms with Crippen LogP contribution in [0.3, 0.4) is 0 Å². The van der Waals surface area contributed by atoms with Crippen LogP contribution in [0.2, 0.25) is 0 Å². The maximum Gasteiger partial charge on any atom is 0.191 e. The van der Waals surface area contributed by atoms with Crippen molar-refractivity contribution in [3.8, 4) is 11.3 Å². The number of rotatable bonds is 11. The lowest BCUT2D eigenvalue weighted by molar-refractivity contribution is 0.0698. The molecule has 7 heteroatoms. The summed E-state index contributed by atoms with van der Waals surface area (Å²) < 4.78 is 10.4. The highest BCUT2D eigenvalue weighted by molar-refractivity contribution is 7.09. The number of nitrogens with zero attached hydrogens (tertiary/aromatic N) is 2. The Balaban J connectivity index is 1.78. The third-order valence-electron chi connectivity index (χ3n) is 3.53. The zero-order valence-corrected chi connectivity index (χ0v) is 16.3. The largest absolute Gasteiger partial charge is 0.382 e. The third kappa shape index (κ3) is 7.51. The summed E-state index contributed by atoms with van der Waals surface area (Å²) in [5.41, 5.74) is 2.14. The van der Waals surface area contributed by atoms with Crippen molar-refractivity contribution >= 4 is 17.3 Å². The van der Waals surface area contributed by atoms with Crippen LogP contribution in [0.1, 0.15) is 18.4 Å². The number of guanidine groups is 1. The minimum Gasteiger partial charge on any atom is -0.382 e. The molecule has 2 aromatic rings. The number of methoxy groups -OCH3 is 1. The summed E-state index contributed by atoms with van der Waals surface area (Å²) in [6.07, 6.45) is 0.920. The number of benzene rings is 1. The smallest absolute Gasteiger partial charge is 0.191 e. The predicted octanol–water partition coefficient (Wildman–Crippen LogP) is 2.92. The second kappa shape index (κ2) is 12.4. The minimum atomic E-state index is 0.567. The van der Waals surface area contributed by atoms with Crippen molar-refractivity contribution < 1.29 is 9.47 Å². The van der Waals surface area contributed by atoms with Gasteiger partial charge in [-0.1, -0.05) is 30.3 Å². The zero-order chi connectivity index (χ0) is 18.5. The molecule has 0 amide bonds. The lowest BCUT2D eigenvalue weighted by atomic mass is 10.2. The normalized spacial score (nSPS) is 11.5. The number of aromatic nitrogens is 1. The van der Waals surface area contributed by atoms with E-state index in [1.165, 1.54) is 0 Å². The van der Waals surface area contributed by atoms with E-state index >= 15 is 0 Å². The van der Waals surface area contributed by atoms with Crippen molar-refractivity contribution in [3.63, 3.8) is 0 Å². The average Bonchev–Trinajstić information content (AvgIpc) is 3.15. The van der Waals surface area contributed by atoms with E-state index in [2.05, 4.69) is 45.0 Å². The highest BCUT2D eigenvalue weighted by Gasteiger charge is 2.04. The molecular weight excluding hydrogens is 348 g/mol. The average molecular weight is 377 g/mol. The van der Waals surface area contributed by atoms with Gasteiger partial charge in [-0.3, -0.25) is 0 Å². The molecule has 1 aromatic heterocycles. The molecule has 1 aromatic carbocycles. The molecule has 0 atom stereocenters. The van der Waals surface area contributed by atoms with E-state index in [4.69, 9.17) is 9.47 Å². The second-order valence-electron chi connectivity index (χ2n) is 5.57. The van der Waals surface area contributed by atoms with Crippen LogP contribution in [0, 0.1) is 0 Å². The molecule has 6 nitrogen and oxygen atoms in total. The number of ether oxygens (including phenoxy) is 2. The van der Waals surface area contributed by atoms with Crippen LogP contribution in [0.5, 0.6) is 0 Å². The molecule has 142 valence electrons. The monoisotopic (exact) mass is 376 g/mol. The van der Waals surface area contributed by atoms with Crippen LogP contribution in [0.15, 0.2) is 40.7 Å². The van der Waals surface area contributed by atoms with E-state index in [1.54, 1.807) is 18.4 Å². The van der Waals surface area contributed by atoms with E-state index < -0.39 is 0 Å². The summed E-state index contributed by atoms with van der Waals surface area (Å²) in [4.78, 5) is 9.29. The first kappa shape index (κ1) is 20.4. The summed E-state index contributed by atoms with van der Waals surface area (Å²) in [7, 11) is 1.68.